The van der Waals surface area contributed by atoms with Crippen molar-refractivity contribution in [1.82, 2.24) is 4.90 Å². The topological polar surface area (TPSA) is 79.0 Å². The van der Waals surface area contributed by atoms with Crippen molar-refractivity contribution in [2.45, 2.75) is 11.3 Å². The fourth-order valence-corrected chi connectivity index (χ4v) is 4.95. The number of benzene rings is 3. The van der Waals surface area contributed by atoms with Gasteiger partial charge in [-0.3, -0.25) is 9.52 Å². The van der Waals surface area contributed by atoms with Crippen LogP contribution in [-0.2, 0) is 10.0 Å². The molecule has 0 atom stereocenters. The summed E-state index contributed by atoms with van der Waals surface area (Å²) in [6, 6.07) is 19.1. The van der Waals surface area contributed by atoms with Gasteiger partial charge in [0.25, 0.3) is 15.9 Å². The number of carbonyl (C=O) groups excluding carboxylic acids is 1. The van der Waals surface area contributed by atoms with Crippen LogP contribution in [0.5, 0.6) is 5.75 Å². The maximum atomic E-state index is 13.8. The molecular formula is C25H26FN3O4S. The van der Waals surface area contributed by atoms with Gasteiger partial charge in [-0.25, -0.2) is 12.8 Å². The lowest BCUT2D eigenvalue weighted by atomic mass is 10.2. The Balaban J connectivity index is 1.41. The third kappa shape index (κ3) is 5.31. The summed E-state index contributed by atoms with van der Waals surface area (Å²) in [7, 11) is -2.35. The minimum atomic E-state index is -3.98. The maximum Gasteiger partial charge on any atom is 0.261 e. The number of rotatable bonds is 6. The van der Waals surface area contributed by atoms with Crippen molar-refractivity contribution in [2.24, 2.45) is 0 Å². The lowest BCUT2D eigenvalue weighted by molar-refractivity contribution is 0.0767. The van der Waals surface area contributed by atoms with E-state index in [1.165, 1.54) is 42.5 Å². The summed E-state index contributed by atoms with van der Waals surface area (Å²) < 4.78 is 46.5. The van der Waals surface area contributed by atoms with Gasteiger partial charge in [0.05, 0.1) is 17.7 Å². The molecule has 0 aliphatic carbocycles. The van der Waals surface area contributed by atoms with Crippen molar-refractivity contribution in [3.63, 3.8) is 0 Å². The molecule has 4 rings (SSSR count). The molecule has 0 unspecified atom stereocenters. The zero-order valence-corrected chi connectivity index (χ0v) is 19.6. The molecule has 7 nitrogen and oxygen atoms in total. The normalized spacial score (nSPS) is 14.4. The lowest BCUT2D eigenvalue weighted by Gasteiger charge is -2.24. The highest BCUT2D eigenvalue weighted by Gasteiger charge is 2.22. The number of hydrogen-bond donors (Lipinski definition) is 1. The number of carbonyl (C=O) groups is 1. The fourth-order valence-electron chi connectivity index (χ4n) is 3.88. The van der Waals surface area contributed by atoms with E-state index in [4.69, 9.17) is 4.74 Å². The molecule has 1 aliphatic rings. The summed E-state index contributed by atoms with van der Waals surface area (Å²) in [5.41, 5.74) is 1.35. The second kappa shape index (κ2) is 10.1. The summed E-state index contributed by atoms with van der Waals surface area (Å²) in [4.78, 5) is 17.0. The molecule has 9 heteroatoms. The van der Waals surface area contributed by atoms with Crippen LogP contribution in [-0.4, -0.2) is 52.5 Å². The first-order valence-corrected chi connectivity index (χ1v) is 12.4. The maximum absolute atomic E-state index is 13.8. The first-order chi connectivity index (χ1) is 16.4. The molecule has 1 aliphatic heterocycles. The number of nitrogens with zero attached hydrogens (tertiary/aromatic N) is 2. The van der Waals surface area contributed by atoms with Crippen LogP contribution in [0.2, 0.25) is 0 Å². The average molecular weight is 484 g/mol. The van der Waals surface area contributed by atoms with Gasteiger partial charge in [-0.2, -0.15) is 0 Å². The van der Waals surface area contributed by atoms with Crippen LogP contribution in [0.1, 0.15) is 16.8 Å². The molecule has 0 bridgehead atoms. The molecule has 3 aromatic rings. The number of halogens is 1. The molecule has 1 saturated heterocycles. The fraction of sp³-hybridized carbons (Fsp3) is 0.240. The Bertz CT molecular complexity index is 1250. The number of anilines is 2. The number of hydrogen-bond acceptors (Lipinski definition) is 5. The molecule has 0 aromatic heterocycles. The molecule has 1 fully saturated rings. The highest BCUT2D eigenvalue weighted by molar-refractivity contribution is 7.92. The van der Waals surface area contributed by atoms with E-state index in [1.54, 1.807) is 18.1 Å². The zero-order valence-electron chi connectivity index (χ0n) is 18.8. The van der Waals surface area contributed by atoms with Crippen molar-refractivity contribution in [1.29, 1.82) is 0 Å². The number of methoxy groups -OCH3 is 1. The summed E-state index contributed by atoms with van der Waals surface area (Å²) in [5, 5.41) is 0. The Morgan fingerprint density at radius 1 is 0.912 bits per heavy atom. The van der Waals surface area contributed by atoms with Crippen LogP contribution >= 0.6 is 0 Å². The van der Waals surface area contributed by atoms with Gasteiger partial charge in [0.15, 0.2) is 0 Å². The van der Waals surface area contributed by atoms with E-state index in [2.05, 4.69) is 9.62 Å². The van der Waals surface area contributed by atoms with E-state index >= 15 is 0 Å². The summed E-state index contributed by atoms with van der Waals surface area (Å²) in [5.74, 6) is -0.0183. The van der Waals surface area contributed by atoms with Gasteiger partial charge in [-0.1, -0.05) is 12.1 Å². The van der Waals surface area contributed by atoms with Gasteiger partial charge in [-0.05, 0) is 67.1 Å². The third-order valence-corrected chi connectivity index (χ3v) is 7.13. The van der Waals surface area contributed by atoms with Crippen molar-refractivity contribution in [3.8, 4) is 5.75 Å². The van der Waals surface area contributed by atoms with E-state index in [1.807, 2.05) is 24.3 Å². The van der Waals surface area contributed by atoms with E-state index in [0.717, 1.165) is 24.4 Å². The molecule has 1 heterocycles. The van der Waals surface area contributed by atoms with E-state index in [9.17, 15) is 17.6 Å². The third-order valence-electron chi connectivity index (χ3n) is 5.75. The minimum Gasteiger partial charge on any atom is -0.497 e. The smallest absolute Gasteiger partial charge is 0.261 e. The highest BCUT2D eigenvalue weighted by Crippen LogP contribution is 2.22. The van der Waals surface area contributed by atoms with Crippen molar-refractivity contribution in [3.05, 3.63) is 84.2 Å². The molecule has 1 N–H and O–H groups in total. The first-order valence-electron chi connectivity index (χ1n) is 10.9. The Kier molecular flexibility index (Phi) is 7.02. The number of para-hydroxylation sites is 1. The molecule has 1 amide bonds. The number of nitrogens with one attached hydrogen (secondary N) is 1. The monoisotopic (exact) mass is 483 g/mol. The Labute approximate surface area is 198 Å². The first kappa shape index (κ1) is 23.6. The zero-order chi connectivity index (χ0) is 24.1. The van der Waals surface area contributed by atoms with E-state index in [-0.39, 0.29) is 16.5 Å². The predicted octanol–water partition coefficient (Wildman–Crippen LogP) is 3.99. The molecular weight excluding hydrogens is 457 g/mol. The van der Waals surface area contributed by atoms with Gasteiger partial charge < -0.3 is 14.5 Å². The minimum absolute atomic E-state index is 0.0474. The van der Waals surface area contributed by atoms with Gasteiger partial charge in [-0.15, -0.1) is 0 Å². The molecule has 0 saturated carbocycles. The lowest BCUT2D eigenvalue weighted by Crippen LogP contribution is -2.35. The number of ether oxygens (including phenoxy) is 1. The molecule has 0 spiro atoms. The van der Waals surface area contributed by atoms with Crippen molar-refractivity contribution >= 4 is 27.3 Å². The Morgan fingerprint density at radius 2 is 1.62 bits per heavy atom. The standard InChI is InChI=1S/C25H26FN3O4S/c1-33-21-11-9-20(10-12-21)28-15-4-16-29(18-17-28)25(30)19-7-13-22(14-8-19)34(31,32)27-24-6-3-2-5-23(24)26/h2-3,5-14,27H,4,15-18H2,1H3. The van der Waals surface area contributed by atoms with Gasteiger partial charge in [0, 0.05) is 37.4 Å². The summed E-state index contributed by atoms with van der Waals surface area (Å²) in [6.45, 7) is 2.69. The van der Waals surface area contributed by atoms with Crippen LogP contribution in [0.25, 0.3) is 0 Å². The largest absolute Gasteiger partial charge is 0.497 e. The second-order valence-corrected chi connectivity index (χ2v) is 9.62. The quantitative estimate of drug-likeness (QED) is 0.574. The molecule has 178 valence electrons. The van der Waals surface area contributed by atoms with Crippen molar-refractivity contribution < 1.29 is 22.3 Å². The Hall–Kier alpha value is -3.59. The van der Waals surface area contributed by atoms with Crippen LogP contribution < -0.4 is 14.4 Å². The number of amides is 1. The molecule has 0 radical (unpaired) electrons. The van der Waals surface area contributed by atoms with E-state index in [0.29, 0.717) is 25.2 Å². The van der Waals surface area contributed by atoms with Gasteiger partial charge >= 0.3 is 0 Å². The molecule has 34 heavy (non-hydrogen) atoms. The average Bonchev–Trinajstić information content (AvgIpc) is 3.11. The van der Waals surface area contributed by atoms with E-state index < -0.39 is 15.8 Å². The SMILES string of the molecule is COc1ccc(N2CCCN(C(=O)c3ccc(S(=O)(=O)Nc4ccccc4F)cc3)CC2)cc1. The second-order valence-electron chi connectivity index (χ2n) is 7.94. The van der Waals surface area contributed by atoms with Crippen LogP contribution in [0.4, 0.5) is 15.8 Å². The van der Waals surface area contributed by atoms with Gasteiger partial charge in [0.2, 0.25) is 0 Å². The van der Waals surface area contributed by atoms with Gasteiger partial charge in [0.1, 0.15) is 11.6 Å². The number of sulfonamides is 1. The Morgan fingerprint density at radius 3 is 2.29 bits per heavy atom. The highest BCUT2D eigenvalue weighted by atomic mass is 32.2. The summed E-state index contributed by atoms with van der Waals surface area (Å²) in [6.07, 6.45) is 0.816. The molecule has 3 aromatic carbocycles. The van der Waals surface area contributed by atoms with Crippen LogP contribution in [0.3, 0.4) is 0 Å². The van der Waals surface area contributed by atoms with Crippen molar-refractivity contribution in [2.75, 3.05) is 42.9 Å². The summed E-state index contributed by atoms with van der Waals surface area (Å²) >= 11 is 0. The van der Waals surface area contributed by atoms with Crippen LogP contribution in [0, 0.1) is 5.82 Å². The predicted molar refractivity (Wildman–Crippen MR) is 129 cm³/mol. The van der Waals surface area contributed by atoms with Crippen LogP contribution in [0.15, 0.2) is 77.7 Å².